The van der Waals surface area contributed by atoms with Crippen molar-refractivity contribution in [1.29, 1.82) is 0 Å². The average molecular weight is 418 g/mol. The van der Waals surface area contributed by atoms with E-state index >= 15 is 0 Å². The molecule has 0 radical (unpaired) electrons. The summed E-state index contributed by atoms with van der Waals surface area (Å²) in [6.45, 7) is 2.25. The maximum atomic E-state index is 10.4. The van der Waals surface area contributed by atoms with Gasteiger partial charge in [-0.15, -0.1) is 0 Å². The van der Waals surface area contributed by atoms with Gasteiger partial charge in [-0.1, -0.05) is 24.3 Å². The van der Waals surface area contributed by atoms with E-state index in [4.69, 9.17) is 14.5 Å². The van der Waals surface area contributed by atoms with E-state index in [0.717, 1.165) is 41.4 Å². The zero-order chi connectivity index (χ0) is 21.2. The van der Waals surface area contributed by atoms with E-state index in [2.05, 4.69) is 17.3 Å². The highest BCUT2D eigenvalue weighted by Crippen LogP contribution is 2.42. The molecular weight excluding hydrogens is 390 g/mol. The van der Waals surface area contributed by atoms with Gasteiger partial charge in [-0.2, -0.15) is 0 Å². The first-order valence-electron chi connectivity index (χ1n) is 10.8. The smallest absolute Gasteiger partial charge is 0.231 e. The van der Waals surface area contributed by atoms with Gasteiger partial charge in [0.25, 0.3) is 0 Å². The maximum Gasteiger partial charge on any atom is 0.231 e. The Morgan fingerprint density at radius 2 is 1.97 bits per heavy atom. The van der Waals surface area contributed by atoms with Gasteiger partial charge in [-0.05, 0) is 68.8 Å². The fraction of sp³-hybridized carbons (Fsp3) is 0.320. The number of hydrogen-bond donors (Lipinski definition) is 2. The molecule has 1 aromatic heterocycles. The van der Waals surface area contributed by atoms with Crippen molar-refractivity contribution < 1.29 is 14.6 Å². The second-order valence-corrected chi connectivity index (χ2v) is 8.17. The quantitative estimate of drug-likeness (QED) is 0.604. The molecule has 2 aliphatic rings. The number of rotatable bonds is 6. The minimum absolute atomic E-state index is 0.212. The molecule has 2 aromatic carbocycles. The van der Waals surface area contributed by atoms with Gasteiger partial charge in [0.1, 0.15) is 11.6 Å². The van der Waals surface area contributed by atoms with Crippen LogP contribution < -0.4 is 14.8 Å². The standard InChI is InChI=1S/C25H27N3O3/c1-28-13-5-6-18(28)11-12-26-24-15-17(19-8-4-10-23-25(19)31-16-30-23)14-21(27-24)20-7-2-3-9-22(20)29/h2-4,7-10,14-15,18,29H,5-6,11-13,16H2,1H3,(H,26,27). The van der Waals surface area contributed by atoms with Crippen molar-refractivity contribution in [2.45, 2.75) is 25.3 Å². The van der Waals surface area contributed by atoms with Crippen molar-refractivity contribution in [2.75, 3.05) is 32.2 Å². The fourth-order valence-electron chi connectivity index (χ4n) is 4.47. The second kappa shape index (κ2) is 8.47. The van der Waals surface area contributed by atoms with Crippen LogP contribution in [0.2, 0.25) is 0 Å². The summed E-state index contributed by atoms with van der Waals surface area (Å²) in [4.78, 5) is 7.24. The summed E-state index contributed by atoms with van der Waals surface area (Å²) >= 11 is 0. The predicted octanol–water partition coefficient (Wildman–Crippen LogP) is 4.75. The molecule has 6 nitrogen and oxygen atoms in total. The van der Waals surface area contributed by atoms with E-state index in [0.29, 0.717) is 17.3 Å². The lowest BCUT2D eigenvalue weighted by Gasteiger charge is -2.20. The highest BCUT2D eigenvalue weighted by Gasteiger charge is 2.21. The van der Waals surface area contributed by atoms with Gasteiger partial charge in [-0.25, -0.2) is 4.98 Å². The molecule has 0 aliphatic carbocycles. The Labute approximate surface area is 182 Å². The summed E-state index contributed by atoms with van der Waals surface area (Å²) in [7, 11) is 2.20. The van der Waals surface area contributed by atoms with Crippen LogP contribution in [0.3, 0.4) is 0 Å². The predicted molar refractivity (Wildman–Crippen MR) is 122 cm³/mol. The molecule has 0 bridgehead atoms. The Morgan fingerprint density at radius 3 is 2.81 bits per heavy atom. The van der Waals surface area contributed by atoms with Crippen LogP contribution in [-0.2, 0) is 0 Å². The molecule has 3 aromatic rings. The molecule has 2 N–H and O–H groups in total. The minimum Gasteiger partial charge on any atom is -0.507 e. The number of nitrogens with one attached hydrogen (secondary N) is 1. The summed E-state index contributed by atoms with van der Waals surface area (Å²) < 4.78 is 11.3. The molecule has 0 saturated carbocycles. The van der Waals surface area contributed by atoms with Crippen LogP contribution in [0.4, 0.5) is 5.82 Å². The first-order valence-corrected chi connectivity index (χ1v) is 10.8. The number of phenolic OH excluding ortho intramolecular Hbond substituents is 1. The summed E-state index contributed by atoms with van der Waals surface area (Å²) in [5.41, 5.74) is 3.34. The molecule has 6 heteroatoms. The Bertz CT molecular complexity index is 1090. The zero-order valence-corrected chi connectivity index (χ0v) is 17.7. The summed E-state index contributed by atoms with van der Waals surface area (Å²) in [6, 6.07) is 17.8. The van der Waals surface area contributed by atoms with Gasteiger partial charge in [0.05, 0.1) is 5.69 Å². The molecule has 0 amide bonds. The van der Waals surface area contributed by atoms with Gasteiger partial charge < -0.3 is 24.8 Å². The van der Waals surface area contributed by atoms with Crippen molar-refractivity contribution in [3.63, 3.8) is 0 Å². The summed E-state index contributed by atoms with van der Waals surface area (Å²) in [5.74, 6) is 2.49. The third kappa shape index (κ3) is 4.03. The maximum absolute atomic E-state index is 10.4. The lowest BCUT2D eigenvalue weighted by Crippen LogP contribution is -2.27. The molecular formula is C25H27N3O3. The number of aromatic hydroxyl groups is 1. The van der Waals surface area contributed by atoms with Crippen LogP contribution in [0.1, 0.15) is 19.3 Å². The van der Waals surface area contributed by atoms with E-state index in [1.165, 1.54) is 19.4 Å². The number of para-hydroxylation sites is 2. The number of anilines is 1. The fourth-order valence-corrected chi connectivity index (χ4v) is 4.47. The molecule has 31 heavy (non-hydrogen) atoms. The highest BCUT2D eigenvalue weighted by molar-refractivity contribution is 5.80. The van der Waals surface area contributed by atoms with Crippen LogP contribution in [0.15, 0.2) is 54.6 Å². The van der Waals surface area contributed by atoms with E-state index in [1.807, 2.05) is 48.5 Å². The molecule has 5 rings (SSSR count). The monoisotopic (exact) mass is 417 g/mol. The third-order valence-corrected chi connectivity index (χ3v) is 6.17. The van der Waals surface area contributed by atoms with Crippen molar-refractivity contribution in [2.24, 2.45) is 0 Å². The number of nitrogens with zero attached hydrogens (tertiary/aromatic N) is 2. The van der Waals surface area contributed by atoms with Crippen molar-refractivity contribution in [1.82, 2.24) is 9.88 Å². The van der Waals surface area contributed by atoms with E-state index in [1.54, 1.807) is 6.07 Å². The van der Waals surface area contributed by atoms with Crippen molar-refractivity contribution >= 4 is 5.82 Å². The van der Waals surface area contributed by atoms with Crippen LogP contribution in [0.25, 0.3) is 22.4 Å². The second-order valence-electron chi connectivity index (χ2n) is 8.17. The third-order valence-electron chi connectivity index (χ3n) is 6.17. The molecule has 1 unspecified atom stereocenters. The normalized spacial score (nSPS) is 17.8. The molecule has 160 valence electrons. The number of aromatic nitrogens is 1. The lowest BCUT2D eigenvalue weighted by atomic mass is 10.0. The van der Waals surface area contributed by atoms with Crippen LogP contribution in [-0.4, -0.2) is 48.0 Å². The highest BCUT2D eigenvalue weighted by atomic mass is 16.7. The van der Waals surface area contributed by atoms with Crippen molar-refractivity contribution in [3.8, 4) is 39.6 Å². The Kier molecular flexibility index (Phi) is 5.38. The Morgan fingerprint density at radius 1 is 1.10 bits per heavy atom. The van der Waals surface area contributed by atoms with E-state index < -0.39 is 0 Å². The van der Waals surface area contributed by atoms with Gasteiger partial charge in [0.15, 0.2) is 11.5 Å². The van der Waals surface area contributed by atoms with E-state index in [-0.39, 0.29) is 12.5 Å². The molecule has 2 aliphatic heterocycles. The number of hydrogen-bond acceptors (Lipinski definition) is 6. The van der Waals surface area contributed by atoms with Gasteiger partial charge >= 0.3 is 0 Å². The van der Waals surface area contributed by atoms with Crippen LogP contribution in [0, 0.1) is 0 Å². The Balaban J connectivity index is 1.49. The molecule has 0 spiro atoms. The molecule has 1 fully saturated rings. The van der Waals surface area contributed by atoms with Gasteiger partial charge in [0.2, 0.25) is 6.79 Å². The van der Waals surface area contributed by atoms with Crippen molar-refractivity contribution in [3.05, 3.63) is 54.6 Å². The molecule has 3 heterocycles. The average Bonchev–Trinajstić information content (AvgIpc) is 3.42. The number of fused-ring (bicyclic) bond motifs is 1. The molecule has 1 atom stereocenters. The number of phenols is 1. The zero-order valence-electron chi connectivity index (χ0n) is 17.7. The Hall–Kier alpha value is -3.25. The summed E-state index contributed by atoms with van der Waals surface area (Å²) in [6.07, 6.45) is 3.60. The van der Waals surface area contributed by atoms with Gasteiger partial charge in [0, 0.05) is 23.7 Å². The first kappa shape index (κ1) is 19.7. The number of benzene rings is 2. The van der Waals surface area contributed by atoms with Gasteiger partial charge in [-0.3, -0.25) is 0 Å². The lowest BCUT2D eigenvalue weighted by molar-refractivity contribution is 0.174. The number of likely N-dealkylation sites (tertiary alicyclic amines) is 1. The van der Waals surface area contributed by atoms with Crippen LogP contribution in [0.5, 0.6) is 17.2 Å². The number of ether oxygens (including phenoxy) is 2. The topological polar surface area (TPSA) is 66.9 Å². The summed E-state index contributed by atoms with van der Waals surface area (Å²) in [5, 5.41) is 13.9. The SMILES string of the molecule is CN1CCCC1CCNc1cc(-c2cccc3c2OCO3)cc(-c2ccccc2O)n1. The largest absolute Gasteiger partial charge is 0.507 e. The van der Waals surface area contributed by atoms with Crippen LogP contribution >= 0.6 is 0 Å². The first-order chi connectivity index (χ1) is 15.2. The molecule has 1 saturated heterocycles. The minimum atomic E-state index is 0.212. The van der Waals surface area contributed by atoms with E-state index in [9.17, 15) is 5.11 Å². The number of pyridine rings is 1.